The molecule has 4 heteroatoms. The Morgan fingerprint density at radius 2 is 1.94 bits per heavy atom. The van der Waals surface area contributed by atoms with Gasteiger partial charge in [0.1, 0.15) is 6.29 Å². The smallest absolute Gasteiger partial charge is 0.319 e. The van der Waals surface area contributed by atoms with E-state index in [4.69, 9.17) is 0 Å². The summed E-state index contributed by atoms with van der Waals surface area (Å²) in [6.07, 6.45) is 3.32. The summed E-state index contributed by atoms with van der Waals surface area (Å²) >= 11 is 0. The molecule has 4 nitrogen and oxygen atoms in total. The van der Waals surface area contributed by atoms with E-state index in [-0.39, 0.29) is 12.1 Å². The molecule has 0 rings (SSSR count). The van der Waals surface area contributed by atoms with Gasteiger partial charge in [0.15, 0.2) is 0 Å². The molecule has 0 atom stereocenters. The number of hydrogen-bond donors (Lipinski definition) is 0. The molecule has 0 heterocycles. The molecular weight excluding hydrogens is 204 g/mol. The number of carbonyl (C=O) groups excluding carboxylic acids is 2. The Balaban J connectivity index is 4.35. The van der Waals surface area contributed by atoms with E-state index in [0.717, 1.165) is 25.7 Å². The summed E-state index contributed by atoms with van der Waals surface area (Å²) in [7, 11) is 1.80. The molecule has 0 aliphatic rings. The lowest BCUT2D eigenvalue weighted by atomic mass is 10.3. The van der Waals surface area contributed by atoms with Crippen molar-refractivity contribution in [3.05, 3.63) is 0 Å². The first-order valence-electron chi connectivity index (χ1n) is 5.99. The molecule has 16 heavy (non-hydrogen) atoms. The molecule has 94 valence electrons. The van der Waals surface area contributed by atoms with E-state index in [9.17, 15) is 9.59 Å². The predicted octanol–water partition coefficient (Wildman–Crippen LogP) is 2.14. The zero-order valence-electron chi connectivity index (χ0n) is 10.9. The summed E-state index contributed by atoms with van der Waals surface area (Å²) in [5, 5.41) is 0. The number of hydrogen-bond acceptors (Lipinski definition) is 2. The normalized spacial score (nSPS) is 10.3. The van der Waals surface area contributed by atoms with Crippen LogP contribution in [-0.2, 0) is 4.79 Å². The van der Waals surface area contributed by atoms with Gasteiger partial charge in [0.05, 0.1) is 0 Å². The molecule has 0 saturated heterocycles. The highest BCUT2D eigenvalue weighted by Gasteiger charge is 2.18. The Morgan fingerprint density at radius 1 is 1.31 bits per heavy atom. The van der Waals surface area contributed by atoms with Gasteiger partial charge in [0.25, 0.3) is 0 Å². The number of rotatable bonds is 7. The van der Waals surface area contributed by atoms with Crippen LogP contribution in [0.1, 0.15) is 40.0 Å². The Morgan fingerprint density at radius 3 is 2.38 bits per heavy atom. The Hall–Kier alpha value is -1.06. The van der Waals surface area contributed by atoms with Crippen molar-refractivity contribution < 1.29 is 9.59 Å². The number of nitrogens with zero attached hydrogens (tertiary/aromatic N) is 2. The van der Waals surface area contributed by atoms with Crippen LogP contribution in [0.5, 0.6) is 0 Å². The molecule has 0 aromatic carbocycles. The fourth-order valence-corrected chi connectivity index (χ4v) is 1.30. The lowest BCUT2D eigenvalue weighted by Gasteiger charge is -2.30. The molecule has 0 N–H and O–H groups in total. The number of unbranched alkanes of at least 4 members (excludes halogenated alkanes) is 1. The predicted molar refractivity (Wildman–Crippen MR) is 65.5 cm³/mol. The summed E-state index contributed by atoms with van der Waals surface area (Å²) in [5.41, 5.74) is 0. The van der Waals surface area contributed by atoms with E-state index in [1.54, 1.807) is 16.8 Å². The first-order valence-corrected chi connectivity index (χ1v) is 5.99. The Kier molecular flexibility index (Phi) is 7.60. The van der Waals surface area contributed by atoms with Gasteiger partial charge in [-0.05, 0) is 20.3 Å². The summed E-state index contributed by atoms with van der Waals surface area (Å²) in [6.45, 7) is 7.32. The average molecular weight is 228 g/mol. The van der Waals surface area contributed by atoms with Crippen LogP contribution in [0.4, 0.5) is 4.79 Å². The van der Waals surface area contributed by atoms with Crippen molar-refractivity contribution in [3.63, 3.8) is 0 Å². The quantitative estimate of drug-likeness (QED) is 0.626. The van der Waals surface area contributed by atoms with E-state index < -0.39 is 0 Å². The third kappa shape index (κ3) is 5.14. The SMILES string of the molecule is CCCCN(CCC=O)C(=O)N(C)C(C)C. The van der Waals surface area contributed by atoms with Gasteiger partial charge in [-0.15, -0.1) is 0 Å². The van der Waals surface area contributed by atoms with Gasteiger partial charge in [-0.3, -0.25) is 0 Å². The minimum absolute atomic E-state index is 0.0188. The van der Waals surface area contributed by atoms with Crippen LogP contribution in [0.25, 0.3) is 0 Å². The zero-order chi connectivity index (χ0) is 12.6. The molecule has 0 unspecified atom stereocenters. The van der Waals surface area contributed by atoms with Crippen LogP contribution >= 0.6 is 0 Å². The third-order valence-electron chi connectivity index (χ3n) is 2.65. The standard InChI is InChI=1S/C12H24N2O2/c1-5-6-8-14(9-7-10-15)12(16)13(4)11(2)3/h10-11H,5-9H2,1-4H3. The van der Waals surface area contributed by atoms with Gasteiger partial charge < -0.3 is 14.6 Å². The fourth-order valence-electron chi connectivity index (χ4n) is 1.30. The topological polar surface area (TPSA) is 40.6 Å². The summed E-state index contributed by atoms with van der Waals surface area (Å²) in [4.78, 5) is 25.9. The highest BCUT2D eigenvalue weighted by atomic mass is 16.2. The lowest BCUT2D eigenvalue weighted by molar-refractivity contribution is -0.108. The van der Waals surface area contributed by atoms with E-state index in [2.05, 4.69) is 6.92 Å². The van der Waals surface area contributed by atoms with Gasteiger partial charge >= 0.3 is 6.03 Å². The van der Waals surface area contributed by atoms with Crippen molar-refractivity contribution in [2.24, 2.45) is 0 Å². The zero-order valence-corrected chi connectivity index (χ0v) is 10.9. The molecule has 0 spiro atoms. The van der Waals surface area contributed by atoms with E-state index >= 15 is 0 Å². The van der Waals surface area contributed by atoms with Gasteiger partial charge in [-0.2, -0.15) is 0 Å². The lowest BCUT2D eigenvalue weighted by Crippen LogP contribution is -2.45. The van der Waals surface area contributed by atoms with Crippen molar-refractivity contribution in [1.29, 1.82) is 0 Å². The second-order valence-electron chi connectivity index (χ2n) is 4.28. The maximum atomic E-state index is 12.0. The first-order chi connectivity index (χ1) is 7.54. The fraction of sp³-hybridized carbons (Fsp3) is 0.833. The van der Waals surface area contributed by atoms with E-state index in [1.807, 2.05) is 13.8 Å². The summed E-state index contributed by atoms with van der Waals surface area (Å²) in [5.74, 6) is 0. The van der Waals surface area contributed by atoms with Crippen LogP contribution in [0, 0.1) is 0 Å². The molecule has 0 saturated carbocycles. The molecule has 0 fully saturated rings. The number of amides is 2. The van der Waals surface area contributed by atoms with Crippen molar-refractivity contribution in [1.82, 2.24) is 9.80 Å². The molecule has 0 bridgehead atoms. The van der Waals surface area contributed by atoms with Crippen molar-refractivity contribution in [2.45, 2.75) is 46.1 Å². The average Bonchev–Trinajstić information content (AvgIpc) is 2.27. The number of aldehydes is 1. The largest absolute Gasteiger partial charge is 0.325 e. The maximum Gasteiger partial charge on any atom is 0.319 e. The minimum Gasteiger partial charge on any atom is -0.325 e. The first kappa shape index (κ1) is 14.9. The Labute approximate surface area is 98.6 Å². The van der Waals surface area contributed by atoms with Crippen LogP contribution in [-0.4, -0.2) is 48.3 Å². The van der Waals surface area contributed by atoms with Crippen molar-refractivity contribution in [3.8, 4) is 0 Å². The van der Waals surface area contributed by atoms with E-state index in [1.165, 1.54) is 0 Å². The van der Waals surface area contributed by atoms with Crippen LogP contribution < -0.4 is 0 Å². The number of carbonyl (C=O) groups is 2. The van der Waals surface area contributed by atoms with E-state index in [0.29, 0.717) is 13.0 Å². The monoisotopic (exact) mass is 228 g/mol. The second-order valence-corrected chi connectivity index (χ2v) is 4.28. The maximum absolute atomic E-state index is 12.0. The van der Waals surface area contributed by atoms with Crippen LogP contribution in [0.15, 0.2) is 0 Å². The van der Waals surface area contributed by atoms with Gasteiger partial charge in [0, 0.05) is 32.6 Å². The summed E-state index contributed by atoms with van der Waals surface area (Å²) in [6, 6.07) is 0.207. The molecule has 0 aliphatic heterocycles. The van der Waals surface area contributed by atoms with Gasteiger partial charge in [-0.1, -0.05) is 13.3 Å². The molecule has 0 aromatic rings. The molecule has 0 radical (unpaired) electrons. The molecule has 0 aromatic heterocycles. The van der Waals surface area contributed by atoms with Gasteiger partial charge in [0.2, 0.25) is 0 Å². The highest BCUT2D eigenvalue weighted by molar-refractivity contribution is 5.74. The number of urea groups is 1. The minimum atomic E-state index is 0.0188. The molecule has 0 aliphatic carbocycles. The third-order valence-corrected chi connectivity index (χ3v) is 2.65. The second kappa shape index (κ2) is 8.13. The van der Waals surface area contributed by atoms with Crippen LogP contribution in [0.2, 0.25) is 0 Å². The molecule has 2 amide bonds. The van der Waals surface area contributed by atoms with Gasteiger partial charge in [-0.25, -0.2) is 4.79 Å². The van der Waals surface area contributed by atoms with Crippen LogP contribution in [0.3, 0.4) is 0 Å². The summed E-state index contributed by atoms with van der Waals surface area (Å²) < 4.78 is 0. The van der Waals surface area contributed by atoms with Crippen molar-refractivity contribution in [2.75, 3.05) is 20.1 Å². The van der Waals surface area contributed by atoms with Crippen molar-refractivity contribution >= 4 is 12.3 Å². The Bertz CT molecular complexity index is 217. The molecular formula is C12H24N2O2. The highest BCUT2D eigenvalue weighted by Crippen LogP contribution is 2.04.